The van der Waals surface area contributed by atoms with Gasteiger partial charge < -0.3 is 29.7 Å². The molecule has 8 heteroatoms. The molecule has 0 radical (unpaired) electrons. The summed E-state index contributed by atoms with van der Waals surface area (Å²) >= 11 is 0. The van der Waals surface area contributed by atoms with Crippen molar-refractivity contribution in [3.05, 3.63) is 0 Å². The molecule has 0 fully saturated rings. The Morgan fingerprint density at radius 2 is 1.40 bits per heavy atom. The number of aliphatic hydroxyl groups excluding tert-OH is 1. The average molecular weight is 293 g/mol. The van der Waals surface area contributed by atoms with Gasteiger partial charge in [0, 0.05) is 13.0 Å². The van der Waals surface area contributed by atoms with Gasteiger partial charge in [-0.15, -0.1) is 0 Å². The standard InChI is InChI=1S/C12H23NO7/c14-4-6-19-8-10-20-9-7-18-5-3-13-11(15)1-2-12(16)17/h14H,1-10H2,(H,13,15)(H,16,17). The van der Waals surface area contributed by atoms with Crippen LogP contribution in [0.1, 0.15) is 12.8 Å². The number of nitrogens with one attached hydrogen (secondary N) is 1. The lowest BCUT2D eigenvalue weighted by Gasteiger charge is -2.07. The summed E-state index contributed by atoms with van der Waals surface area (Å²) in [6.07, 6.45) is -0.189. The monoisotopic (exact) mass is 293 g/mol. The van der Waals surface area contributed by atoms with E-state index in [2.05, 4.69) is 5.32 Å². The Bertz CT molecular complexity index is 260. The summed E-state index contributed by atoms with van der Waals surface area (Å²) in [6.45, 7) is 2.71. The SMILES string of the molecule is O=C(O)CCC(=O)NCCOCCOCCOCCO. The van der Waals surface area contributed by atoms with Gasteiger partial charge in [-0.3, -0.25) is 9.59 Å². The fourth-order valence-electron chi connectivity index (χ4n) is 1.18. The normalized spacial score (nSPS) is 10.4. The maximum absolute atomic E-state index is 11.1. The van der Waals surface area contributed by atoms with Gasteiger partial charge in [0.2, 0.25) is 5.91 Å². The molecular weight excluding hydrogens is 270 g/mol. The molecule has 118 valence electrons. The smallest absolute Gasteiger partial charge is 0.303 e. The van der Waals surface area contributed by atoms with Crippen LogP contribution in [0.25, 0.3) is 0 Å². The molecular formula is C12H23NO7. The lowest BCUT2D eigenvalue weighted by Crippen LogP contribution is -2.27. The van der Waals surface area contributed by atoms with E-state index in [-0.39, 0.29) is 25.4 Å². The molecule has 0 saturated heterocycles. The molecule has 20 heavy (non-hydrogen) atoms. The molecule has 0 saturated carbocycles. The fraction of sp³-hybridized carbons (Fsp3) is 0.833. The zero-order valence-corrected chi connectivity index (χ0v) is 11.5. The largest absolute Gasteiger partial charge is 0.481 e. The zero-order valence-electron chi connectivity index (χ0n) is 11.5. The summed E-state index contributed by atoms with van der Waals surface area (Å²) in [4.78, 5) is 21.3. The molecule has 0 rings (SSSR count). The van der Waals surface area contributed by atoms with E-state index in [9.17, 15) is 9.59 Å². The van der Waals surface area contributed by atoms with Crippen molar-refractivity contribution in [1.82, 2.24) is 5.32 Å². The number of amides is 1. The Labute approximate surface area is 118 Å². The van der Waals surface area contributed by atoms with E-state index in [1.54, 1.807) is 0 Å². The molecule has 1 amide bonds. The average Bonchev–Trinajstić information content (AvgIpc) is 2.42. The lowest BCUT2D eigenvalue weighted by molar-refractivity contribution is -0.138. The highest BCUT2D eigenvalue weighted by molar-refractivity contribution is 5.80. The fourth-order valence-corrected chi connectivity index (χ4v) is 1.18. The van der Waals surface area contributed by atoms with Crippen LogP contribution in [0.2, 0.25) is 0 Å². The van der Waals surface area contributed by atoms with Crippen LogP contribution < -0.4 is 5.32 Å². The van der Waals surface area contributed by atoms with Crippen LogP contribution in [0.3, 0.4) is 0 Å². The van der Waals surface area contributed by atoms with Gasteiger partial charge in [-0.2, -0.15) is 0 Å². The van der Waals surface area contributed by atoms with E-state index in [1.807, 2.05) is 0 Å². The summed E-state index contributed by atoms with van der Waals surface area (Å²) in [7, 11) is 0. The van der Waals surface area contributed by atoms with Gasteiger partial charge >= 0.3 is 5.97 Å². The second kappa shape index (κ2) is 14.2. The number of hydrogen-bond acceptors (Lipinski definition) is 6. The van der Waals surface area contributed by atoms with Crippen molar-refractivity contribution < 1.29 is 34.0 Å². The van der Waals surface area contributed by atoms with Crippen LogP contribution >= 0.6 is 0 Å². The van der Waals surface area contributed by atoms with Crippen molar-refractivity contribution >= 4 is 11.9 Å². The Balaban J connectivity index is 3.12. The number of hydrogen-bond donors (Lipinski definition) is 3. The minimum Gasteiger partial charge on any atom is -0.481 e. The van der Waals surface area contributed by atoms with Crippen molar-refractivity contribution in [3.63, 3.8) is 0 Å². The topological polar surface area (TPSA) is 114 Å². The maximum Gasteiger partial charge on any atom is 0.303 e. The number of ether oxygens (including phenoxy) is 3. The summed E-state index contributed by atoms with van der Waals surface area (Å²) in [5, 5.41) is 19.4. The molecule has 0 aliphatic heterocycles. The maximum atomic E-state index is 11.1. The summed E-state index contributed by atoms with van der Waals surface area (Å²) < 4.78 is 15.4. The van der Waals surface area contributed by atoms with Gasteiger partial charge in [-0.05, 0) is 0 Å². The molecule has 0 atom stereocenters. The molecule has 0 aromatic rings. The van der Waals surface area contributed by atoms with Crippen molar-refractivity contribution in [2.45, 2.75) is 12.8 Å². The van der Waals surface area contributed by atoms with Crippen LogP contribution in [0.15, 0.2) is 0 Å². The molecule has 0 aliphatic carbocycles. The van der Waals surface area contributed by atoms with Crippen molar-refractivity contribution in [2.24, 2.45) is 0 Å². The number of aliphatic hydroxyl groups is 1. The Hall–Kier alpha value is -1.22. The van der Waals surface area contributed by atoms with Crippen LogP contribution in [0, 0.1) is 0 Å². The first-order chi connectivity index (χ1) is 9.66. The van der Waals surface area contributed by atoms with E-state index >= 15 is 0 Å². The Kier molecular flexibility index (Phi) is 13.3. The lowest BCUT2D eigenvalue weighted by atomic mass is 10.3. The van der Waals surface area contributed by atoms with Crippen LogP contribution in [-0.4, -0.2) is 74.9 Å². The molecule has 0 aromatic carbocycles. The first-order valence-electron chi connectivity index (χ1n) is 6.49. The highest BCUT2D eigenvalue weighted by Gasteiger charge is 2.03. The number of carboxylic acid groups (broad SMARTS) is 1. The minimum atomic E-state index is -0.989. The van der Waals surface area contributed by atoms with E-state index < -0.39 is 5.97 Å². The summed E-state index contributed by atoms with van der Waals surface area (Å²) in [5.41, 5.74) is 0. The molecule has 0 unspecified atom stereocenters. The van der Waals surface area contributed by atoms with Gasteiger partial charge in [0.1, 0.15) is 0 Å². The van der Waals surface area contributed by atoms with Gasteiger partial charge in [-0.1, -0.05) is 0 Å². The third-order valence-electron chi connectivity index (χ3n) is 2.11. The zero-order chi connectivity index (χ0) is 15.1. The molecule has 8 nitrogen and oxygen atoms in total. The number of carbonyl (C=O) groups is 2. The molecule has 0 bridgehead atoms. The van der Waals surface area contributed by atoms with Gasteiger partial charge in [0.05, 0.1) is 52.7 Å². The molecule has 3 N–H and O–H groups in total. The minimum absolute atomic E-state index is 0.00129. The van der Waals surface area contributed by atoms with Crippen molar-refractivity contribution in [1.29, 1.82) is 0 Å². The quantitative estimate of drug-likeness (QED) is 0.352. The van der Waals surface area contributed by atoms with Crippen LogP contribution in [0.4, 0.5) is 0 Å². The van der Waals surface area contributed by atoms with Crippen molar-refractivity contribution in [3.8, 4) is 0 Å². The van der Waals surface area contributed by atoms with Gasteiger partial charge in [0.15, 0.2) is 0 Å². The summed E-state index contributed by atoms with van der Waals surface area (Å²) in [5.74, 6) is -1.29. The third-order valence-corrected chi connectivity index (χ3v) is 2.11. The predicted octanol–water partition coefficient (Wildman–Crippen LogP) is -0.990. The van der Waals surface area contributed by atoms with Crippen LogP contribution in [-0.2, 0) is 23.8 Å². The highest BCUT2D eigenvalue weighted by Crippen LogP contribution is 1.88. The second-order valence-corrected chi connectivity index (χ2v) is 3.80. The Morgan fingerprint density at radius 1 is 0.850 bits per heavy atom. The summed E-state index contributed by atoms with van der Waals surface area (Å²) in [6, 6.07) is 0. The molecule has 0 heterocycles. The van der Waals surface area contributed by atoms with E-state index in [0.29, 0.717) is 46.2 Å². The molecule has 0 aromatic heterocycles. The van der Waals surface area contributed by atoms with Gasteiger partial charge in [0.25, 0.3) is 0 Å². The van der Waals surface area contributed by atoms with Gasteiger partial charge in [-0.25, -0.2) is 0 Å². The number of rotatable bonds is 14. The number of aliphatic carboxylic acids is 1. The second-order valence-electron chi connectivity index (χ2n) is 3.80. The Morgan fingerprint density at radius 3 is 1.95 bits per heavy atom. The van der Waals surface area contributed by atoms with Crippen molar-refractivity contribution in [2.75, 3.05) is 52.8 Å². The van der Waals surface area contributed by atoms with E-state index in [0.717, 1.165) is 0 Å². The van der Waals surface area contributed by atoms with Crippen LogP contribution in [0.5, 0.6) is 0 Å². The molecule has 0 aliphatic rings. The number of carbonyl (C=O) groups excluding carboxylic acids is 1. The van der Waals surface area contributed by atoms with E-state index in [4.69, 9.17) is 24.4 Å². The van der Waals surface area contributed by atoms with E-state index in [1.165, 1.54) is 0 Å². The molecule has 0 spiro atoms. The number of carboxylic acids is 1. The first-order valence-corrected chi connectivity index (χ1v) is 6.49. The first kappa shape index (κ1) is 18.8. The third kappa shape index (κ3) is 14.8. The highest BCUT2D eigenvalue weighted by atomic mass is 16.5. The predicted molar refractivity (Wildman–Crippen MR) is 69.4 cm³/mol.